The highest BCUT2D eigenvalue weighted by molar-refractivity contribution is 7.99. The van der Waals surface area contributed by atoms with Gasteiger partial charge < -0.3 is 25.1 Å². The minimum absolute atomic E-state index is 0.123. The molecule has 148 valence electrons. The first-order valence-electron chi connectivity index (χ1n) is 8.56. The van der Waals surface area contributed by atoms with Gasteiger partial charge >= 0.3 is 0 Å². The maximum absolute atomic E-state index is 12.9. The minimum Gasteiger partial charge on any atom is -0.497 e. The van der Waals surface area contributed by atoms with Crippen molar-refractivity contribution in [2.24, 2.45) is 0 Å². The molecule has 1 aliphatic heterocycles. The van der Waals surface area contributed by atoms with Gasteiger partial charge in [0.1, 0.15) is 17.3 Å². The maximum atomic E-state index is 12.9. The Balaban J connectivity index is 1.94. The molecular weight excluding hydrogens is 384 g/mol. The molecule has 28 heavy (non-hydrogen) atoms. The van der Waals surface area contributed by atoms with Gasteiger partial charge in [0.2, 0.25) is 11.8 Å². The minimum atomic E-state index is -0.965. The average Bonchev–Trinajstić information content (AvgIpc) is 2.67. The maximum Gasteiger partial charge on any atom is 0.257 e. The number of ether oxygens (including phenoxy) is 2. The van der Waals surface area contributed by atoms with Crippen molar-refractivity contribution < 1.29 is 19.1 Å². The van der Waals surface area contributed by atoms with Crippen molar-refractivity contribution in [3.05, 3.63) is 34.1 Å². The zero-order valence-corrected chi connectivity index (χ0v) is 16.4. The van der Waals surface area contributed by atoms with Crippen molar-refractivity contribution in [2.45, 2.75) is 24.4 Å². The number of carbonyl (C=O) groups is 2. The van der Waals surface area contributed by atoms with Crippen LogP contribution >= 0.6 is 11.8 Å². The lowest BCUT2D eigenvalue weighted by Crippen LogP contribution is -2.36. The zero-order chi connectivity index (χ0) is 20.3. The van der Waals surface area contributed by atoms with Gasteiger partial charge in [-0.1, -0.05) is 18.7 Å². The predicted octanol–water partition coefficient (Wildman–Crippen LogP) is 1.96. The predicted molar refractivity (Wildman–Crippen MR) is 105 cm³/mol. The van der Waals surface area contributed by atoms with Gasteiger partial charge in [-0.2, -0.15) is 0 Å². The van der Waals surface area contributed by atoms with E-state index in [1.807, 2.05) is 6.92 Å². The summed E-state index contributed by atoms with van der Waals surface area (Å²) in [5.74, 6) is -0.0432. The van der Waals surface area contributed by atoms with Gasteiger partial charge in [-0.05, 0) is 17.9 Å². The van der Waals surface area contributed by atoms with E-state index in [1.165, 1.54) is 26.0 Å². The van der Waals surface area contributed by atoms with Crippen molar-refractivity contribution in [1.82, 2.24) is 9.97 Å². The lowest BCUT2D eigenvalue weighted by atomic mass is 9.92. The van der Waals surface area contributed by atoms with E-state index in [9.17, 15) is 14.4 Å². The third kappa shape index (κ3) is 3.96. The second-order valence-corrected chi connectivity index (χ2v) is 7.18. The van der Waals surface area contributed by atoms with Crippen LogP contribution in [0.25, 0.3) is 0 Å². The quantitative estimate of drug-likeness (QED) is 0.497. The SMILES string of the molecule is CCSc1nc2c(c(=O)[nH]1)[C@H](C(=O)Nc1ccc(OC)cc1OC)CC(=O)N2. The third-order valence-electron chi connectivity index (χ3n) is 4.19. The van der Waals surface area contributed by atoms with Crippen LogP contribution in [-0.4, -0.2) is 41.8 Å². The van der Waals surface area contributed by atoms with Gasteiger partial charge in [0.25, 0.3) is 5.56 Å². The summed E-state index contributed by atoms with van der Waals surface area (Å²) in [6.07, 6.45) is -0.150. The summed E-state index contributed by atoms with van der Waals surface area (Å²) in [7, 11) is 2.99. The first kappa shape index (κ1) is 19.7. The number of nitrogens with zero attached hydrogens (tertiary/aromatic N) is 1. The first-order chi connectivity index (χ1) is 13.5. The number of thioether (sulfide) groups is 1. The Hall–Kier alpha value is -3.01. The molecule has 0 radical (unpaired) electrons. The van der Waals surface area contributed by atoms with Crippen molar-refractivity contribution in [1.29, 1.82) is 0 Å². The highest BCUT2D eigenvalue weighted by atomic mass is 32.2. The number of anilines is 2. The van der Waals surface area contributed by atoms with Gasteiger partial charge in [-0.3, -0.25) is 14.4 Å². The van der Waals surface area contributed by atoms with Gasteiger partial charge in [0, 0.05) is 12.5 Å². The number of hydrogen-bond acceptors (Lipinski definition) is 7. The van der Waals surface area contributed by atoms with E-state index in [0.717, 1.165) is 0 Å². The van der Waals surface area contributed by atoms with Crippen molar-refractivity contribution in [3.8, 4) is 11.5 Å². The van der Waals surface area contributed by atoms with E-state index in [0.29, 0.717) is 28.1 Å². The van der Waals surface area contributed by atoms with E-state index < -0.39 is 17.4 Å². The molecular formula is C18H20N4O5S. The molecule has 1 aliphatic rings. The summed E-state index contributed by atoms with van der Waals surface area (Å²) >= 11 is 1.34. The van der Waals surface area contributed by atoms with E-state index in [-0.39, 0.29) is 23.7 Å². The molecule has 0 fully saturated rings. The number of rotatable bonds is 6. The fraction of sp³-hybridized carbons (Fsp3) is 0.333. The van der Waals surface area contributed by atoms with Gasteiger partial charge in [-0.15, -0.1) is 0 Å². The van der Waals surface area contributed by atoms with Gasteiger partial charge in [0.15, 0.2) is 5.16 Å². The van der Waals surface area contributed by atoms with Crippen LogP contribution in [0.3, 0.4) is 0 Å². The lowest BCUT2D eigenvalue weighted by molar-refractivity contribution is -0.123. The summed E-state index contributed by atoms with van der Waals surface area (Å²) in [6, 6.07) is 4.92. The van der Waals surface area contributed by atoms with Crippen LogP contribution in [0.5, 0.6) is 11.5 Å². The number of aromatic amines is 1. The molecule has 2 amide bonds. The van der Waals surface area contributed by atoms with Crippen LogP contribution in [-0.2, 0) is 9.59 Å². The summed E-state index contributed by atoms with van der Waals surface area (Å²) in [6.45, 7) is 1.92. The Morgan fingerprint density at radius 1 is 1.32 bits per heavy atom. The monoisotopic (exact) mass is 404 g/mol. The molecule has 1 atom stereocenters. The molecule has 2 heterocycles. The Labute approximate surface area is 165 Å². The highest BCUT2D eigenvalue weighted by Gasteiger charge is 2.35. The molecule has 0 spiro atoms. The molecule has 9 nitrogen and oxygen atoms in total. The Bertz CT molecular complexity index is 975. The molecule has 3 rings (SSSR count). The number of amides is 2. The van der Waals surface area contributed by atoms with Gasteiger partial charge in [0.05, 0.1) is 31.4 Å². The van der Waals surface area contributed by atoms with Crippen LogP contribution in [0, 0.1) is 0 Å². The highest BCUT2D eigenvalue weighted by Crippen LogP contribution is 2.33. The molecule has 0 bridgehead atoms. The number of hydrogen-bond donors (Lipinski definition) is 3. The summed E-state index contributed by atoms with van der Waals surface area (Å²) in [5.41, 5.74) is 0.108. The third-order valence-corrected chi connectivity index (χ3v) is 4.95. The summed E-state index contributed by atoms with van der Waals surface area (Å²) in [5, 5.41) is 5.70. The lowest BCUT2D eigenvalue weighted by Gasteiger charge is -2.23. The first-order valence-corrected chi connectivity index (χ1v) is 9.55. The Kier molecular flexibility index (Phi) is 5.88. The number of H-pyrrole nitrogens is 1. The Morgan fingerprint density at radius 2 is 2.11 bits per heavy atom. The molecule has 1 aromatic carbocycles. The molecule has 0 aliphatic carbocycles. The van der Waals surface area contributed by atoms with Crippen LogP contribution in [0.4, 0.5) is 11.5 Å². The average molecular weight is 404 g/mol. The molecule has 10 heteroatoms. The standard InChI is InChI=1S/C18H20N4O5S/c1-4-28-18-21-15-14(17(25)22-18)10(8-13(23)20-15)16(24)19-11-6-5-9(26-2)7-12(11)27-3/h5-7,10H,4,8H2,1-3H3,(H,19,24)(H2,20,21,22,23,25)/t10-/m1/s1. The number of fused-ring (bicyclic) bond motifs is 1. The van der Waals surface area contributed by atoms with Crippen LogP contribution in [0.1, 0.15) is 24.8 Å². The van der Waals surface area contributed by atoms with Crippen LogP contribution in [0.15, 0.2) is 28.2 Å². The van der Waals surface area contributed by atoms with E-state index in [1.54, 1.807) is 18.2 Å². The molecule has 1 aromatic heterocycles. The number of nitrogens with one attached hydrogen (secondary N) is 3. The van der Waals surface area contributed by atoms with E-state index in [2.05, 4.69) is 20.6 Å². The second-order valence-electron chi connectivity index (χ2n) is 5.93. The molecule has 3 N–H and O–H groups in total. The van der Waals surface area contributed by atoms with Crippen molar-refractivity contribution in [2.75, 3.05) is 30.6 Å². The largest absolute Gasteiger partial charge is 0.497 e. The van der Waals surface area contributed by atoms with Crippen LogP contribution in [0.2, 0.25) is 0 Å². The number of benzene rings is 1. The van der Waals surface area contributed by atoms with E-state index in [4.69, 9.17) is 9.47 Å². The molecule has 2 aromatic rings. The molecule has 0 unspecified atom stereocenters. The Morgan fingerprint density at radius 3 is 2.79 bits per heavy atom. The van der Waals surface area contributed by atoms with Gasteiger partial charge in [-0.25, -0.2) is 4.98 Å². The summed E-state index contributed by atoms with van der Waals surface area (Å²) < 4.78 is 10.4. The second kappa shape index (κ2) is 8.34. The number of aromatic nitrogens is 2. The smallest absolute Gasteiger partial charge is 0.257 e. The number of methoxy groups -OCH3 is 2. The van der Waals surface area contributed by atoms with Crippen molar-refractivity contribution in [3.63, 3.8) is 0 Å². The van der Waals surface area contributed by atoms with Crippen molar-refractivity contribution >= 4 is 35.1 Å². The van der Waals surface area contributed by atoms with E-state index >= 15 is 0 Å². The number of carbonyl (C=O) groups excluding carboxylic acids is 2. The van der Waals surface area contributed by atoms with Crippen LogP contribution < -0.4 is 25.7 Å². The zero-order valence-electron chi connectivity index (χ0n) is 15.6. The normalized spacial score (nSPS) is 15.4. The molecule has 0 saturated carbocycles. The topological polar surface area (TPSA) is 122 Å². The fourth-order valence-corrected chi connectivity index (χ4v) is 3.50. The molecule has 0 saturated heterocycles. The fourth-order valence-electron chi connectivity index (χ4n) is 2.90. The summed E-state index contributed by atoms with van der Waals surface area (Å²) in [4.78, 5) is 44.5.